The van der Waals surface area contributed by atoms with Gasteiger partial charge < -0.3 is 10.2 Å². The Balaban J connectivity index is 1.68. The summed E-state index contributed by atoms with van der Waals surface area (Å²) in [6, 6.07) is 16.0. The van der Waals surface area contributed by atoms with Crippen molar-refractivity contribution in [2.24, 2.45) is 5.92 Å². The molecular weight excluding hydrogens is 324 g/mol. The minimum absolute atomic E-state index is 0.0224. The van der Waals surface area contributed by atoms with Crippen LogP contribution in [0.4, 0.5) is 5.69 Å². The van der Waals surface area contributed by atoms with Gasteiger partial charge in [-0.3, -0.25) is 9.59 Å². The topological polar surface area (TPSA) is 49.4 Å². The third-order valence-electron chi connectivity index (χ3n) is 5.06. The average Bonchev–Trinajstić information content (AvgIpc) is 3.02. The van der Waals surface area contributed by atoms with Crippen molar-refractivity contribution in [3.8, 4) is 0 Å². The lowest BCUT2D eigenvalue weighted by Gasteiger charge is -2.22. The number of benzene rings is 2. The maximum absolute atomic E-state index is 12.6. The van der Waals surface area contributed by atoms with Crippen LogP contribution in [0.25, 0.3) is 0 Å². The highest BCUT2D eigenvalue weighted by atomic mass is 16.2. The zero-order valence-electron chi connectivity index (χ0n) is 15.7. The third kappa shape index (κ3) is 3.79. The first-order chi connectivity index (χ1) is 12.5. The first-order valence-electron chi connectivity index (χ1n) is 9.19. The maximum Gasteiger partial charge on any atom is 0.227 e. The van der Waals surface area contributed by atoms with E-state index >= 15 is 0 Å². The standard InChI is InChI=1S/C22H26N2O2/c1-15(2)19-10-6-7-11-20(19)24-14-18(12-21(24)25)22(26)23-13-17-9-5-4-8-16(17)3/h4-11,15,18H,12-14H2,1-3H3,(H,23,26). The summed E-state index contributed by atoms with van der Waals surface area (Å²) in [6.07, 6.45) is 0.270. The van der Waals surface area contributed by atoms with E-state index in [1.54, 1.807) is 4.90 Å². The molecule has 136 valence electrons. The fourth-order valence-electron chi connectivity index (χ4n) is 3.47. The lowest BCUT2D eigenvalue weighted by atomic mass is 10.0. The van der Waals surface area contributed by atoms with Crippen LogP contribution in [0.5, 0.6) is 0 Å². The van der Waals surface area contributed by atoms with Crippen LogP contribution in [0.2, 0.25) is 0 Å². The maximum atomic E-state index is 12.6. The highest BCUT2D eigenvalue weighted by molar-refractivity contribution is 6.00. The Morgan fingerprint density at radius 1 is 1.15 bits per heavy atom. The second-order valence-corrected chi connectivity index (χ2v) is 7.26. The van der Waals surface area contributed by atoms with E-state index in [1.165, 1.54) is 0 Å². The molecule has 2 amide bonds. The molecule has 26 heavy (non-hydrogen) atoms. The van der Waals surface area contributed by atoms with E-state index in [4.69, 9.17) is 0 Å². The SMILES string of the molecule is Cc1ccccc1CNC(=O)C1CC(=O)N(c2ccccc2C(C)C)C1. The summed E-state index contributed by atoms with van der Waals surface area (Å²) in [5.74, 6) is -0.0000538. The van der Waals surface area contributed by atoms with Crippen molar-refractivity contribution in [1.29, 1.82) is 0 Å². The molecule has 0 aromatic heterocycles. The number of rotatable bonds is 5. The molecule has 0 bridgehead atoms. The van der Waals surface area contributed by atoms with Gasteiger partial charge in [0.25, 0.3) is 0 Å². The monoisotopic (exact) mass is 350 g/mol. The first kappa shape index (κ1) is 18.2. The number of hydrogen-bond donors (Lipinski definition) is 1. The van der Waals surface area contributed by atoms with Crippen LogP contribution >= 0.6 is 0 Å². The quantitative estimate of drug-likeness (QED) is 0.892. The predicted molar refractivity (Wildman–Crippen MR) is 104 cm³/mol. The molecule has 0 aliphatic carbocycles. The number of anilines is 1. The molecule has 4 nitrogen and oxygen atoms in total. The molecule has 2 aromatic carbocycles. The van der Waals surface area contributed by atoms with Gasteiger partial charge in [-0.05, 0) is 35.6 Å². The molecule has 0 radical (unpaired) electrons. The Kier molecular flexibility index (Phi) is 5.40. The summed E-state index contributed by atoms with van der Waals surface area (Å²) >= 11 is 0. The molecule has 0 spiro atoms. The lowest BCUT2D eigenvalue weighted by Crippen LogP contribution is -2.33. The third-order valence-corrected chi connectivity index (χ3v) is 5.06. The fourth-order valence-corrected chi connectivity index (χ4v) is 3.47. The van der Waals surface area contributed by atoms with Crippen LogP contribution < -0.4 is 10.2 Å². The molecule has 1 fully saturated rings. The Bertz CT molecular complexity index is 813. The van der Waals surface area contributed by atoms with Gasteiger partial charge >= 0.3 is 0 Å². The summed E-state index contributed by atoms with van der Waals surface area (Å²) in [5.41, 5.74) is 4.33. The van der Waals surface area contributed by atoms with Crippen LogP contribution in [0.1, 0.15) is 42.9 Å². The van der Waals surface area contributed by atoms with Gasteiger partial charge in [0.15, 0.2) is 0 Å². The molecule has 1 atom stereocenters. The minimum atomic E-state index is -0.299. The van der Waals surface area contributed by atoms with Crippen molar-refractivity contribution in [3.63, 3.8) is 0 Å². The number of carbonyl (C=O) groups is 2. The Morgan fingerprint density at radius 2 is 1.85 bits per heavy atom. The second kappa shape index (κ2) is 7.73. The van der Waals surface area contributed by atoms with Crippen molar-refractivity contribution in [1.82, 2.24) is 5.32 Å². The van der Waals surface area contributed by atoms with Gasteiger partial charge in [-0.2, -0.15) is 0 Å². The fraction of sp³-hybridized carbons (Fsp3) is 0.364. The van der Waals surface area contributed by atoms with Crippen molar-refractivity contribution in [2.45, 2.75) is 39.7 Å². The van der Waals surface area contributed by atoms with Gasteiger partial charge in [-0.1, -0.05) is 56.3 Å². The van der Waals surface area contributed by atoms with Crippen LogP contribution in [-0.4, -0.2) is 18.4 Å². The molecular formula is C22H26N2O2. The number of nitrogens with one attached hydrogen (secondary N) is 1. The van der Waals surface area contributed by atoms with E-state index in [2.05, 4.69) is 25.2 Å². The van der Waals surface area contributed by atoms with Crippen LogP contribution in [0.15, 0.2) is 48.5 Å². The number of nitrogens with zero attached hydrogens (tertiary/aromatic N) is 1. The Morgan fingerprint density at radius 3 is 2.58 bits per heavy atom. The van der Waals surface area contributed by atoms with E-state index in [9.17, 15) is 9.59 Å². The molecule has 4 heteroatoms. The van der Waals surface area contributed by atoms with Gasteiger partial charge in [-0.25, -0.2) is 0 Å². The van der Waals surface area contributed by atoms with E-state index in [0.717, 1.165) is 22.4 Å². The van der Waals surface area contributed by atoms with Crippen molar-refractivity contribution < 1.29 is 9.59 Å². The van der Waals surface area contributed by atoms with Crippen molar-refractivity contribution in [3.05, 3.63) is 65.2 Å². The van der Waals surface area contributed by atoms with Crippen LogP contribution in [0.3, 0.4) is 0 Å². The molecule has 0 saturated carbocycles. The number of hydrogen-bond acceptors (Lipinski definition) is 2. The van der Waals surface area contributed by atoms with Crippen LogP contribution in [0, 0.1) is 12.8 Å². The van der Waals surface area contributed by atoms with Gasteiger partial charge in [0.2, 0.25) is 11.8 Å². The molecule has 2 aromatic rings. The molecule has 3 rings (SSSR count). The molecule has 1 unspecified atom stereocenters. The summed E-state index contributed by atoms with van der Waals surface area (Å²) in [6.45, 7) is 7.21. The lowest BCUT2D eigenvalue weighted by molar-refractivity contribution is -0.126. The number of para-hydroxylation sites is 1. The Hall–Kier alpha value is -2.62. The molecule has 1 N–H and O–H groups in total. The highest BCUT2D eigenvalue weighted by Crippen LogP contribution is 2.32. The summed E-state index contributed by atoms with van der Waals surface area (Å²) in [5, 5.41) is 2.99. The smallest absolute Gasteiger partial charge is 0.227 e. The van der Waals surface area contributed by atoms with E-state index in [0.29, 0.717) is 19.0 Å². The molecule has 1 heterocycles. The number of aryl methyl sites for hydroxylation is 1. The predicted octanol–water partition coefficient (Wildman–Crippen LogP) is 3.79. The summed E-state index contributed by atoms with van der Waals surface area (Å²) in [4.78, 5) is 26.9. The summed E-state index contributed by atoms with van der Waals surface area (Å²) < 4.78 is 0. The largest absolute Gasteiger partial charge is 0.352 e. The minimum Gasteiger partial charge on any atom is -0.352 e. The van der Waals surface area contributed by atoms with Crippen LogP contribution in [-0.2, 0) is 16.1 Å². The first-order valence-corrected chi connectivity index (χ1v) is 9.19. The van der Waals surface area contributed by atoms with E-state index in [-0.39, 0.29) is 24.2 Å². The number of amides is 2. The molecule has 1 saturated heterocycles. The van der Waals surface area contributed by atoms with Gasteiger partial charge in [0.05, 0.1) is 5.92 Å². The highest BCUT2D eigenvalue weighted by Gasteiger charge is 2.35. The number of carbonyl (C=O) groups excluding carboxylic acids is 2. The zero-order valence-corrected chi connectivity index (χ0v) is 15.7. The zero-order chi connectivity index (χ0) is 18.7. The van der Waals surface area contributed by atoms with Crippen molar-refractivity contribution >= 4 is 17.5 Å². The van der Waals surface area contributed by atoms with Crippen molar-refractivity contribution in [2.75, 3.05) is 11.4 Å². The van der Waals surface area contributed by atoms with E-state index < -0.39 is 0 Å². The average molecular weight is 350 g/mol. The van der Waals surface area contributed by atoms with E-state index in [1.807, 2.05) is 49.4 Å². The summed E-state index contributed by atoms with van der Waals surface area (Å²) in [7, 11) is 0. The van der Waals surface area contributed by atoms with Gasteiger partial charge in [0.1, 0.15) is 0 Å². The normalized spacial score (nSPS) is 17.0. The second-order valence-electron chi connectivity index (χ2n) is 7.26. The Labute approximate surface area is 155 Å². The van der Waals surface area contributed by atoms with Gasteiger partial charge in [-0.15, -0.1) is 0 Å². The van der Waals surface area contributed by atoms with Gasteiger partial charge in [0, 0.05) is 25.2 Å². The molecule has 1 aliphatic heterocycles. The molecule has 1 aliphatic rings.